The molecule has 1 atom stereocenters. The Morgan fingerprint density at radius 1 is 1.36 bits per heavy atom. The summed E-state index contributed by atoms with van der Waals surface area (Å²) in [5.74, 6) is 0.157. The van der Waals surface area contributed by atoms with Gasteiger partial charge < -0.3 is 20.1 Å². The van der Waals surface area contributed by atoms with E-state index in [4.69, 9.17) is 4.74 Å². The van der Waals surface area contributed by atoms with Crippen LogP contribution in [0.5, 0.6) is 5.75 Å². The van der Waals surface area contributed by atoms with Crippen molar-refractivity contribution in [3.8, 4) is 5.75 Å². The second-order valence-corrected chi connectivity index (χ2v) is 6.94. The number of fused-ring (bicyclic) bond motifs is 1. The van der Waals surface area contributed by atoms with E-state index < -0.39 is 6.10 Å². The van der Waals surface area contributed by atoms with Gasteiger partial charge in [0.05, 0.1) is 19.2 Å². The molecule has 2 N–H and O–H groups in total. The van der Waals surface area contributed by atoms with Crippen LogP contribution in [0, 0.1) is 13.8 Å². The fraction of sp³-hybridized carbons (Fsp3) is 0.450. The normalized spacial score (nSPS) is 16.1. The summed E-state index contributed by atoms with van der Waals surface area (Å²) in [6, 6.07) is 7.37. The van der Waals surface area contributed by atoms with Crippen molar-refractivity contribution < 1.29 is 19.4 Å². The van der Waals surface area contributed by atoms with Crippen LogP contribution < -0.4 is 10.1 Å². The van der Waals surface area contributed by atoms with Crippen molar-refractivity contribution in [3.05, 3.63) is 46.8 Å². The van der Waals surface area contributed by atoms with Gasteiger partial charge in [-0.3, -0.25) is 14.3 Å². The summed E-state index contributed by atoms with van der Waals surface area (Å²) >= 11 is 0. The highest BCUT2D eigenvalue weighted by atomic mass is 16.5. The Morgan fingerprint density at radius 3 is 2.86 bits per heavy atom. The predicted octanol–water partition coefficient (Wildman–Crippen LogP) is 1.15. The van der Waals surface area contributed by atoms with Gasteiger partial charge in [0.1, 0.15) is 18.1 Å². The first-order valence-electron chi connectivity index (χ1n) is 9.42. The van der Waals surface area contributed by atoms with E-state index in [-0.39, 0.29) is 36.3 Å². The number of hydrogen-bond donors (Lipinski definition) is 2. The number of nitrogens with one attached hydrogen (secondary N) is 1. The van der Waals surface area contributed by atoms with Gasteiger partial charge in [0.2, 0.25) is 0 Å². The third-order valence-electron chi connectivity index (χ3n) is 4.89. The molecule has 2 amide bonds. The molecule has 0 unspecified atom stereocenters. The third-order valence-corrected chi connectivity index (χ3v) is 4.89. The Balaban J connectivity index is 1.65. The molecule has 1 aliphatic heterocycles. The number of ether oxygens (including phenoxy) is 1. The SMILES string of the molecule is CCN(CCOc1ccc(C)c(C)c1)C(=O)c1cc2n(n1)C[C@H](O)CNC2=O. The van der Waals surface area contributed by atoms with Gasteiger partial charge >= 0.3 is 0 Å². The van der Waals surface area contributed by atoms with Crippen molar-refractivity contribution >= 4 is 11.8 Å². The first-order chi connectivity index (χ1) is 13.4. The summed E-state index contributed by atoms with van der Waals surface area (Å²) in [4.78, 5) is 26.5. The summed E-state index contributed by atoms with van der Waals surface area (Å²) in [6.07, 6.45) is -0.735. The molecule has 1 aliphatic rings. The van der Waals surface area contributed by atoms with E-state index in [2.05, 4.69) is 10.4 Å². The fourth-order valence-corrected chi connectivity index (χ4v) is 3.05. The molecule has 150 valence electrons. The van der Waals surface area contributed by atoms with Crippen molar-refractivity contribution in [1.82, 2.24) is 20.0 Å². The summed E-state index contributed by atoms with van der Waals surface area (Å²) in [7, 11) is 0. The topological polar surface area (TPSA) is 96.7 Å². The Labute approximate surface area is 164 Å². The van der Waals surface area contributed by atoms with Gasteiger partial charge in [0, 0.05) is 19.2 Å². The van der Waals surface area contributed by atoms with Crippen LogP contribution >= 0.6 is 0 Å². The fourth-order valence-electron chi connectivity index (χ4n) is 3.05. The highest BCUT2D eigenvalue weighted by Crippen LogP contribution is 2.16. The Kier molecular flexibility index (Phi) is 5.99. The number of rotatable bonds is 6. The van der Waals surface area contributed by atoms with Gasteiger partial charge in [0.15, 0.2) is 5.69 Å². The number of aliphatic hydroxyl groups excluding tert-OH is 1. The molecule has 28 heavy (non-hydrogen) atoms. The lowest BCUT2D eigenvalue weighted by Crippen LogP contribution is -2.35. The molecule has 2 heterocycles. The van der Waals surface area contributed by atoms with Crippen LogP contribution in [0.15, 0.2) is 24.3 Å². The Morgan fingerprint density at radius 2 is 2.14 bits per heavy atom. The van der Waals surface area contributed by atoms with Gasteiger partial charge in [-0.2, -0.15) is 5.10 Å². The third kappa shape index (κ3) is 4.33. The van der Waals surface area contributed by atoms with Crippen molar-refractivity contribution in [2.24, 2.45) is 0 Å². The number of β-amino-alcohol motifs (C(OH)–C–C–N with tert-alkyl or cyclic N) is 1. The number of amides is 2. The minimum atomic E-state index is -0.735. The van der Waals surface area contributed by atoms with E-state index in [1.54, 1.807) is 4.90 Å². The van der Waals surface area contributed by atoms with Crippen LogP contribution in [0.4, 0.5) is 0 Å². The lowest BCUT2D eigenvalue weighted by Gasteiger charge is -2.20. The van der Waals surface area contributed by atoms with E-state index >= 15 is 0 Å². The van der Waals surface area contributed by atoms with E-state index in [0.717, 1.165) is 11.3 Å². The monoisotopic (exact) mass is 386 g/mol. The van der Waals surface area contributed by atoms with Crippen molar-refractivity contribution in [2.45, 2.75) is 33.4 Å². The van der Waals surface area contributed by atoms with E-state index in [9.17, 15) is 14.7 Å². The number of carbonyl (C=O) groups is 2. The number of aryl methyl sites for hydroxylation is 2. The van der Waals surface area contributed by atoms with Gasteiger partial charge in [-0.25, -0.2) is 0 Å². The molecule has 0 spiro atoms. The average molecular weight is 386 g/mol. The maximum absolute atomic E-state index is 12.8. The molecule has 0 saturated carbocycles. The molecule has 0 saturated heterocycles. The largest absolute Gasteiger partial charge is 0.492 e. The lowest BCUT2D eigenvalue weighted by atomic mass is 10.1. The standard InChI is InChI=1S/C20H26N4O4/c1-4-23(7-8-28-16-6-5-13(2)14(3)9-16)20(27)17-10-18-19(26)21-11-15(25)12-24(18)22-17/h5-6,9-10,15,25H,4,7-8,11-12H2,1-3H3,(H,21,26)/t15-/m1/s1. The molecule has 3 rings (SSSR count). The number of carbonyl (C=O) groups excluding carboxylic acids is 2. The van der Waals surface area contributed by atoms with Gasteiger partial charge in [0.25, 0.3) is 11.8 Å². The lowest BCUT2D eigenvalue weighted by molar-refractivity contribution is 0.0731. The number of aliphatic hydroxyl groups is 1. The average Bonchev–Trinajstić information content (AvgIpc) is 3.04. The number of likely N-dealkylation sites (N-methyl/N-ethyl adjacent to an activating group) is 1. The second kappa shape index (κ2) is 8.43. The van der Waals surface area contributed by atoms with Crippen molar-refractivity contribution in [2.75, 3.05) is 26.2 Å². The molecule has 0 bridgehead atoms. The smallest absolute Gasteiger partial charge is 0.274 e. The van der Waals surface area contributed by atoms with Crippen molar-refractivity contribution in [1.29, 1.82) is 0 Å². The van der Waals surface area contributed by atoms with Crippen LogP contribution in [-0.2, 0) is 6.54 Å². The highest BCUT2D eigenvalue weighted by molar-refractivity contribution is 5.98. The minimum Gasteiger partial charge on any atom is -0.492 e. The number of hydrogen-bond acceptors (Lipinski definition) is 5. The molecule has 0 radical (unpaired) electrons. The zero-order valence-corrected chi connectivity index (χ0v) is 16.4. The molecule has 8 heteroatoms. The van der Waals surface area contributed by atoms with Gasteiger partial charge in [-0.05, 0) is 44.0 Å². The highest BCUT2D eigenvalue weighted by Gasteiger charge is 2.26. The molecular formula is C20H26N4O4. The molecule has 0 aliphatic carbocycles. The quantitative estimate of drug-likeness (QED) is 0.776. The van der Waals surface area contributed by atoms with Crippen LogP contribution in [0.25, 0.3) is 0 Å². The molecule has 2 aromatic rings. The zero-order chi connectivity index (χ0) is 20.3. The predicted molar refractivity (Wildman–Crippen MR) is 104 cm³/mol. The Bertz CT molecular complexity index is 877. The summed E-state index contributed by atoms with van der Waals surface area (Å²) in [5, 5.41) is 16.7. The first kappa shape index (κ1) is 19.9. The molecule has 8 nitrogen and oxygen atoms in total. The van der Waals surface area contributed by atoms with E-state index in [1.807, 2.05) is 39.0 Å². The van der Waals surface area contributed by atoms with Gasteiger partial charge in [-0.1, -0.05) is 6.07 Å². The summed E-state index contributed by atoms with van der Waals surface area (Å²) in [5.41, 5.74) is 2.82. The van der Waals surface area contributed by atoms with Crippen LogP contribution in [0.3, 0.4) is 0 Å². The molecule has 1 aromatic heterocycles. The zero-order valence-electron chi connectivity index (χ0n) is 16.4. The van der Waals surface area contributed by atoms with Crippen LogP contribution in [-0.4, -0.2) is 63.9 Å². The second-order valence-electron chi connectivity index (χ2n) is 6.94. The summed E-state index contributed by atoms with van der Waals surface area (Å²) in [6.45, 7) is 7.54. The van der Waals surface area contributed by atoms with Crippen LogP contribution in [0.2, 0.25) is 0 Å². The van der Waals surface area contributed by atoms with Gasteiger partial charge in [-0.15, -0.1) is 0 Å². The van der Waals surface area contributed by atoms with Crippen molar-refractivity contribution in [3.63, 3.8) is 0 Å². The number of nitrogens with zero attached hydrogens (tertiary/aromatic N) is 3. The summed E-state index contributed by atoms with van der Waals surface area (Å²) < 4.78 is 7.16. The minimum absolute atomic E-state index is 0.169. The number of benzene rings is 1. The molecular weight excluding hydrogens is 360 g/mol. The number of aromatic nitrogens is 2. The Hall–Kier alpha value is -2.87. The maximum Gasteiger partial charge on any atom is 0.274 e. The first-order valence-corrected chi connectivity index (χ1v) is 9.42. The van der Waals surface area contributed by atoms with Crippen LogP contribution in [0.1, 0.15) is 39.0 Å². The molecule has 1 aromatic carbocycles. The van der Waals surface area contributed by atoms with E-state index in [1.165, 1.54) is 16.3 Å². The maximum atomic E-state index is 12.8. The molecule has 0 fully saturated rings. The van der Waals surface area contributed by atoms with E-state index in [0.29, 0.717) is 19.7 Å².